The highest BCUT2D eigenvalue weighted by molar-refractivity contribution is 6.13. The first-order valence-electron chi connectivity index (χ1n) is 12.3. The molecule has 1 aromatic heterocycles. The van der Waals surface area contributed by atoms with Crippen LogP contribution in [0.15, 0.2) is 82.7 Å². The molecule has 0 radical (unpaired) electrons. The van der Waals surface area contributed by atoms with Crippen molar-refractivity contribution < 1.29 is 19.4 Å². The summed E-state index contributed by atoms with van der Waals surface area (Å²) in [4.78, 5) is 40.8. The number of carboxylic acids is 1. The molecule has 1 atom stereocenters. The first-order chi connectivity index (χ1) is 18.4. The number of carbonyl (C=O) groups is 2. The summed E-state index contributed by atoms with van der Waals surface area (Å²) in [6.45, 7) is 1.99. The van der Waals surface area contributed by atoms with Crippen molar-refractivity contribution in [2.75, 3.05) is 7.11 Å². The van der Waals surface area contributed by atoms with E-state index in [-0.39, 0.29) is 18.4 Å². The highest BCUT2D eigenvalue weighted by atomic mass is 16.5. The maximum Gasteiger partial charge on any atom is 0.258 e. The molecule has 1 aliphatic heterocycles. The molecule has 0 saturated heterocycles. The Labute approximate surface area is 219 Å². The number of ether oxygens (including phenoxy) is 1. The highest BCUT2D eigenvalue weighted by Crippen LogP contribution is 2.37. The summed E-state index contributed by atoms with van der Waals surface area (Å²) < 4.78 is 5.27. The molecule has 8 nitrogen and oxygen atoms in total. The van der Waals surface area contributed by atoms with Crippen molar-refractivity contribution in [3.05, 3.63) is 99.8 Å². The molecule has 2 heterocycles. The quantitative estimate of drug-likeness (QED) is 0.409. The van der Waals surface area contributed by atoms with Crippen LogP contribution in [-0.4, -0.2) is 34.7 Å². The number of hydrogen-bond acceptors (Lipinski definition) is 6. The van der Waals surface area contributed by atoms with Gasteiger partial charge in [0, 0.05) is 35.3 Å². The third-order valence-electron chi connectivity index (χ3n) is 6.73. The van der Waals surface area contributed by atoms with Gasteiger partial charge in [-0.3, -0.25) is 9.59 Å². The number of aliphatic carboxylic acids is 1. The molecule has 0 spiro atoms. The SMILES string of the molecule is COc1ccc([C@@H]2CC(c3c(-c4ccccc4)c4cc(C)ccc4[nH]c3=O)=NN2C(=O)CCC(=O)[O-])cc1. The van der Waals surface area contributed by atoms with E-state index in [0.29, 0.717) is 22.5 Å². The molecule has 1 N–H and O–H groups in total. The molecule has 0 fully saturated rings. The summed E-state index contributed by atoms with van der Waals surface area (Å²) in [7, 11) is 1.57. The fraction of sp³-hybridized carbons (Fsp3) is 0.200. The van der Waals surface area contributed by atoms with Gasteiger partial charge < -0.3 is 19.6 Å². The largest absolute Gasteiger partial charge is 0.550 e. The Kier molecular flexibility index (Phi) is 6.79. The predicted molar refractivity (Wildman–Crippen MR) is 143 cm³/mol. The van der Waals surface area contributed by atoms with Gasteiger partial charge in [-0.2, -0.15) is 5.10 Å². The number of nitrogens with one attached hydrogen (secondary N) is 1. The van der Waals surface area contributed by atoms with E-state index >= 15 is 0 Å². The minimum Gasteiger partial charge on any atom is -0.550 e. The Morgan fingerprint density at radius 2 is 1.76 bits per heavy atom. The number of pyridine rings is 1. The lowest BCUT2D eigenvalue weighted by Gasteiger charge is -2.22. The Morgan fingerprint density at radius 3 is 2.45 bits per heavy atom. The minimum atomic E-state index is -1.31. The molecule has 0 bridgehead atoms. The van der Waals surface area contributed by atoms with Crippen LogP contribution in [0.25, 0.3) is 22.0 Å². The van der Waals surface area contributed by atoms with E-state index in [1.807, 2.05) is 67.6 Å². The first kappa shape index (κ1) is 25.0. The van der Waals surface area contributed by atoms with Crippen LogP contribution in [0, 0.1) is 6.92 Å². The van der Waals surface area contributed by atoms with Gasteiger partial charge in [-0.05, 0) is 48.7 Å². The number of aryl methyl sites for hydroxylation is 1. The van der Waals surface area contributed by atoms with Gasteiger partial charge in [0.25, 0.3) is 5.56 Å². The zero-order chi connectivity index (χ0) is 26.8. The maximum atomic E-state index is 13.6. The molecule has 1 aliphatic rings. The van der Waals surface area contributed by atoms with Crippen molar-refractivity contribution in [3.8, 4) is 16.9 Å². The number of hydrogen-bond donors (Lipinski definition) is 1. The predicted octanol–water partition coefficient (Wildman–Crippen LogP) is 3.72. The number of H-pyrrole nitrogens is 1. The standard InChI is InChI=1S/C30H27N3O5/c1-18-8-13-23-22(16-18)28(20-6-4-3-5-7-20)29(30(37)31-23)24-17-25(19-9-11-21(38-2)12-10-19)33(32-24)26(34)14-15-27(35)36/h3-13,16,25H,14-15,17H2,1-2H3,(H,31,37)(H,35,36)/p-1/t25-/m0/s1. The van der Waals surface area contributed by atoms with Crippen LogP contribution in [0.4, 0.5) is 0 Å². The second-order valence-electron chi connectivity index (χ2n) is 9.27. The molecule has 3 aromatic carbocycles. The van der Waals surface area contributed by atoms with Gasteiger partial charge in [-0.15, -0.1) is 0 Å². The number of carbonyl (C=O) groups excluding carboxylic acids is 2. The van der Waals surface area contributed by atoms with Crippen molar-refractivity contribution in [2.24, 2.45) is 5.10 Å². The number of methoxy groups -OCH3 is 1. The Hall–Kier alpha value is -4.72. The van der Waals surface area contributed by atoms with E-state index in [1.54, 1.807) is 19.2 Å². The van der Waals surface area contributed by atoms with Gasteiger partial charge in [0.2, 0.25) is 5.91 Å². The lowest BCUT2D eigenvalue weighted by Crippen LogP contribution is -2.29. The number of rotatable bonds is 7. The van der Waals surface area contributed by atoms with Crippen molar-refractivity contribution >= 4 is 28.5 Å². The Morgan fingerprint density at radius 1 is 1.03 bits per heavy atom. The molecule has 0 unspecified atom stereocenters. The third kappa shape index (κ3) is 4.80. The van der Waals surface area contributed by atoms with E-state index in [2.05, 4.69) is 10.1 Å². The number of fused-ring (bicyclic) bond motifs is 1. The second kappa shape index (κ2) is 10.3. The number of hydrazone groups is 1. The first-order valence-corrected chi connectivity index (χ1v) is 12.3. The number of aromatic nitrogens is 1. The van der Waals surface area contributed by atoms with Gasteiger partial charge in [0.1, 0.15) is 5.75 Å². The molecular weight excluding hydrogens is 482 g/mol. The zero-order valence-corrected chi connectivity index (χ0v) is 21.1. The topological polar surface area (TPSA) is 115 Å². The van der Waals surface area contributed by atoms with Crippen LogP contribution in [-0.2, 0) is 9.59 Å². The van der Waals surface area contributed by atoms with Crippen LogP contribution in [0.3, 0.4) is 0 Å². The molecule has 0 saturated carbocycles. The average Bonchev–Trinajstić information content (AvgIpc) is 3.37. The van der Waals surface area contributed by atoms with Crippen molar-refractivity contribution in [1.29, 1.82) is 0 Å². The zero-order valence-electron chi connectivity index (χ0n) is 21.1. The van der Waals surface area contributed by atoms with Crippen LogP contribution >= 0.6 is 0 Å². The Balaban J connectivity index is 1.68. The van der Waals surface area contributed by atoms with Crippen molar-refractivity contribution in [2.45, 2.75) is 32.2 Å². The molecule has 4 aromatic rings. The average molecular weight is 509 g/mol. The van der Waals surface area contributed by atoms with Gasteiger partial charge in [-0.1, -0.05) is 54.1 Å². The van der Waals surface area contributed by atoms with Crippen LogP contribution in [0.1, 0.15) is 42.0 Å². The molecular formula is C30H26N3O5-. The lowest BCUT2D eigenvalue weighted by atomic mass is 9.90. The summed E-state index contributed by atoms with van der Waals surface area (Å²) in [5, 5.41) is 17.9. The second-order valence-corrected chi connectivity index (χ2v) is 9.27. The Bertz CT molecular complexity index is 1610. The summed E-state index contributed by atoms with van der Waals surface area (Å²) in [6, 6.07) is 22.2. The van der Waals surface area contributed by atoms with Gasteiger partial charge >= 0.3 is 0 Å². The maximum absolute atomic E-state index is 13.6. The number of amides is 1. The monoisotopic (exact) mass is 508 g/mol. The van der Waals surface area contributed by atoms with E-state index in [0.717, 1.165) is 27.6 Å². The molecule has 5 rings (SSSR count). The molecule has 38 heavy (non-hydrogen) atoms. The van der Waals surface area contributed by atoms with Gasteiger partial charge in [-0.25, -0.2) is 5.01 Å². The normalized spacial score (nSPS) is 14.9. The van der Waals surface area contributed by atoms with E-state index in [1.165, 1.54) is 5.01 Å². The molecule has 1 amide bonds. The molecule has 0 aliphatic carbocycles. The summed E-state index contributed by atoms with van der Waals surface area (Å²) in [6.07, 6.45) is -0.394. The summed E-state index contributed by atoms with van der Waals surface area (Å²) in [5.74, 6) is -1.11. The van der Waals surface area contributed by atoms with Crippen LogP contribution < -0.4 is 15.4 Å². The van der Waals surface area contributed by atoms with Gasteiger partial charge in [0.05, 0.1) is 24.4 Å². The number of benzene rings is 3. The fourth-order valence-corrected chi connectivity index (χ4v) is 4.89. The summed E-state index contributed by atoms with van der Waals surface area (Å²) >= 11 is 0. The number of nitrogens with zero attached hydrogens (tertiary/aromatic N) is 2. The number of aromatic amines is 1. The highest BCUT2D eigenvalue weighted by Gasteiger charge is 2.35. The van der Waals surface area contributed by atoms with Gasteiger partial charge in [0.15, 0.2) is 0 Å². The van der Waals surface area contributed by atoms with E-state index in [9.17, 15) is 19.5 Å². The van der Waals surface area contributed by atoms with E-state index in [4.69, 9.17) is 4.74 Å². The van der Waals surface area contributed by atoms with Crippen LogP contribution in [0.2, 0.25) is 0 Å². The lowest BCUT2D eigenvalue weighted by molar-refractivity contribution is -0.305. The smallest absolute Gasteiger partial charge is 0.258 e. The summed E-state index contributed by atoms with van der Waals surface area (Å²) in [5.41, 5.74) is 4.67. The third-order valence-corrected chi connectivity index (χ3v) is 6.73. The fourth-order valence-electron chi connectivity index (χ4n) is 4.89. The van der Waals surface area contributed by atoms with Crippen molar-refractivity contribution in [3.63, 3.8) is 0 Å². The number of carboxylic acid groups (broad SMARTS) is 1. The molecule has 8 heteroatoms. The minimum absolute atomic E-state index is 0.259. The molecule has 192 valence electrons. The van der Waals surface area contributed by atoms with Crippen molar-refractivity contribution in [1.82, 2.24) is 9.99 Å². The van der Waals surface area contributed by atoms with E-state index < -0.39 is 24.3 Å². The van der Waals surface area contributed by atoms with Crippen LogP contribution in [0.5, 0.6) is 5.75 Å².